The maximum atomic E-state index is 13.0. The zero-order valence-corrected chi connectivity index (χ0v) is 16.2. The molecule has 146 valence electrons. The van der Waals surface area contributed by atoms with Crippen molar-refractivity contribution in [3.63, 3.8) is 0 Å². The average molecular weight is 363 g/mol. The maximum Gasteiger partial charge on any atom is 0.228 e. The first-order chi connectivity index (χ1) is 12.6. The number of nitrogens with zero attached hydrogens (tertiary/aromatic N) is 3. The smallest absolute Gasteiger partial charge is 0.228 e. The van der Waals surface area contributed by atoms with Crippen molar-refractivity contribution < 1.29 is 9.59 Å². The van der Waals surface area contributed by atoms with Gasteiger partial charge in [0.25, 0.3) is 0 Å². The molecule has 3 heterocycles. The molecule has 4 rings (SSSR count). The van der Waals surface area contributed by atoms with Crippen LogP contribution in [0.15, 0.2) is 0 Å². The quantitative estimate of drug-likeness (QED) is 0.811. The van der Waals surface area contributed by atoms with Crippen LogP contribution in [0.5, 0.6) is 0 Å². The fourth-order valence-electron chi connectivity index (χ4n) is 5.35. The first-order valence-electron chi connectivity index (χ1n) is 10.6. The molecular formula is C20H34N4O2. The van der Waals surface area contributed by atoms with Gasteiger partial charge in [-0.15, -0.1) is 0 Å². The highest BCUT2D eigenvalue weighted by Gasteiger charge is 2.42. The number of hydrogen-bond acceptors (Lipinski definition) is 4. The standard InChI is InChI=1S/C20H34N4O2/c1-15-2-4-17(5-3-15)24-13-16(12-19(24)25)20(26)23-9-6-18(14-23)22-10-7-21-8-11-22/h15-18,21H,2-14H2,1H3. The lowest BCUT2D eigenvalue weighted by Gasteiger charge is -2.34. The molecule has 6 nitrogen and oxygen atoms in total. The van der Waals surface area contributed by atoms with Crippen molar-refractivity contribution in [2.75, 3.05) is 45.8 Å². The van der Waals surface area contributed by atoms with E-state index in [9.17, 15) is 9.59 Å². The number of nitrogens with one attached hydrogen (secondary N) is 1. The number of rotatable bonds is 3. The molecule has 2 amide bonds. The Kier molecular flexibility index (Phi) is 5.50. The Bertz CT molecular complexity index is 526. The lowest BCUT2D eigenvalue weighted by atomic mass is 9.86. The highest BCUT2D eigenvalue weighted by Crippen LogP contribution is 2.32. The van der Waals surface area contributed by atoms with Crippen LogP contribution < -0.4 is 5.32 Å². The zero-order valence-electron chi connectivity index (χ0n) is 16.2. The molecule has 1 saturated carbocycles. The van der Waals surface area contributed by atoms with E-state index in [1.165, 1.54) is 12.8 Å². The second-order valence-corrected chi connectivity index (χ2v) is 8.87. The summed E-state index contributed by atoms with van der Waals surface area (Å²) in [5.41, 5.74) is 0. The van der Waals surface area contributed by atoms with Crippen LogP contribution >= 0.6 is 0 Å². The van der Waals surface area contributed by atoms with E-state index in [0.717, 1.165) is 64.4 Å². The molecule has 4 fully saturated rings. The van der Waals surface area contributed by atoms with Gasteiger partial charge in [0.15, 0.2) is 0 Å². The molecule has 0 aromatic carbocycles. The van der Waals surface area contributed by atoms with E-state index in [1.807, 2.05) is 9.80 Å². The van der Waals surface area contributed by atoms with E-state index < -0.39 is 0 Å². The van der Waals surface area contributed by atoms with Gasteiger partial charge in [0.05, 0.1) is 5.92 Å². The highest BCUT2D eigenvalue weighted by molar-refractivity contribution is 5.89. The van der Waals surface area contributed by atoms with Crippen molar-refractivity contribution in [1.82, 2.24) is 20.0 Å². The summed E-state index contributed by atoms with van der Waals surface area (Å²) in [5, 5.41) is 3.40. The number of carbonyl (C=O) groups excluding carboxylic acids is 2. The molecule has 6 heteroatoms. The fourth-order valence-corrected chi connectivity index (χ4v) is 5.35. The molecule has 0 aromatic heterocycles. The van der Waals surface area contributed by atoms with Gasteiger partial charge in [-0.05, 0) is 38.0 Å². The van der Waals surface area contributed by atoms with E-state index >= 15 is 0 Å². The topological polar surface area (TPSA) is 55.9 Å². The predicted octanol–water partition coefficient (Wildman–Crippen LogP) is 0.920. The summed E-state index contributed by atoms with van der Waals surface area (Å²) >= 11 is 0. The van der Waals surface area contributed by atoms with E-state index in [2.05, 4.69) is 17.1 Å². The van der Waals surface area contributed by atoms with Gasteiger partial charge in [-0.25, -0.2) is 0 Å². The van der Waals surface area contributed by atoms with E-state index in [0.29, 0.717) is 25.0 Å². The molecule has 1 aliphatic carbocycles. The van der Waals surface area contributed by atoms with Crippen LogP contribution in [0.25, 0.3) is 0 Å². The molecule has 26 heavy (non-hydrogen) atoms. The Morgan fingerprint density at radius 3 is 2.42 bits per heavy atom. The van der Waals surface area contributed by atoms with Crippen molar-refractivity contribution in [3.05, 3.63) is 0 Å². The zero-order chi connectivity index (χ0) is 18.1. The van der Waals surface area contributed by atoms with Gasteiger partial charge in [0.2, 0.25) is 11.8 Å². The van der Waals surface area contributed by atoms with Gasteiger partial charge in [-0.3, -0.25) is 14.5 Å². The Balaban J connectivity index is 1.30. The third-order valence-electron chi connectivity index (χ3n) is 7.08. The average Bonchev–Trinajstić information content (AvgIpc) is 3.30. The van der Waals surface area contributed by atoms with E-state index in [4.69, 9.17) is 0 Å². The third kappa shape index (κ3) is 3.77. The third-order valence-corrected chi connectivity index (χ3v) is 7.08. The number of hydrogen-bond donors (Lipinski definition) is 1. The van der Waals surface area contributed by atoms with Gasteiger partial charge in [0.1, 0.15) is 0 Å². The van der Waals surface area contributed by atoms with Crippen molar-refractivity contribution in [2.45, 2.75) is 57.5 Å². The first kappa shape index (κ1) is 18.2. The second kappa shape index (κ2) is 7.85. The number of piperazine rings is 1. The SMILES string of the molecule is CC1CCC(N2CC(C(=O)N3CCC(N4CCNCC4)C3)CC2=O)CC1. The minimum Gasteiger partial charge on any atom is -0.341 e. The van der Waals surface area contributed by atoms with Gasteiger partial charge in [-0.1, -0.05) is 6.92 Å². The molecule has 4 aliphatic rings. The lowest BCUT2D eigenvalue weighted by molar-refractivity contribution is -0.135. The van der Waals surface area contributed by atoms with Crippen molar-refractivity contribution in [2.24, 2.45) is 11.8 Å². The number of amides is 2. The summed E-state index contributed by atoms with van der Waals surface area (Å²) in [4.78, 5) is 32.2. The first-order valence-corrected chi connectivity index (χ1v) is 10.6. The van der Waals surface area contributed by atoms with Crippen molar-refractivity contribution in [3.8, 4) is 0 Å². The maximum absolute atomic E-state index is 13.0. The molecule has 0 aromatic rings. The van der Waals surface area contributed by atoms with Crippen LogP contribution in [0.1, 0.15) is 45.4 Å². The number of likely N-dealkylation sites (tertiary alicyclic amines) is 2. The van der Waals surface area contributed by atoms with Gasteiger partial charge in [-0.2, -0.15) is 0 Å². The second-order valence-electron chi connectivity index (χ2n) is 8.87. The van der Waals surface area contributed by atoms with Crippen LogP contribution in [-0.2, 0) is 9.59 Å². The summed E-state index contributed by atoms with van der Waals surface area (Å²) in [7, 11) is 0. The molecule has 2 atom stereocenters. The fraction of sp³-hybridized carbons (Fsp3) is 0.900. The summed E-state index contributed by atoms with van der Waals surface area (Å²) in [5.74, 6) is 1.11. The highest BCUT2D eigenvalue weighted by atomic mass is 16.2. The van der Waals surface area contributed by atoms with Crippen LogP contribution in [0.3, 0.4) is 0 Å². The molecule has 2 unspecified atom stereocenters. The van der Waals surface area contributed by atoms with Gasteiger partial charge >= 0.3 is 0 Å². The van der Waals surface area contributed by atoms with E-state index in [-0.39, 0.29) is 17.7 Å². The van der Waals surface area contributed by atoms with Crippen molar-refractivity contribution in [1.29, 1.82) is 0 Å². The van der Waals surface area contributed by atoms with Gasteiger partial charge < -0.3 is 15.1 Å². The minimum absolute atomic E-state index is 0.108. The summed E-state index contributed by atoms with van der Waals surface area (Å²) < 4.78 is 0. The summed E-state index contributed by atoms with van der Waals surface area (Å²) in [6, 6.07) is 0.887. The van der Waals surface area contributed by atoms with Gasteiger partial charge in [0, 0.05) is 64.3 Å². The van der Waals surface area contributed by atoms with Crippen molar-refractivity contribution >= 4 is 11.8 Å². The molecular weight excluding hydrogens is 328 g/mol. The lowest BCUT2D eigenvalue weighted by Crippen LogP contribution is -2.49. The largest absolute Gasteiger partial charge is 0.341 e. The summed E-state index contributed by atoms with van der Waals surface area (Å²) in [6.45, 7) is 8.95. The Morgan fingerprint density at radius 1 is 0.962 bits per heavy atom. The minimum atomic E-state index is -0.108. The normalized spacial score (nSPS) is 36.7. The molecule has 3 saturated heterocycles. The van der Waals surface area contributed by atoms with Crippen LogP contribution in [-0.4, -0.2) is 84.4 Å². The molecule has 3 aliphatic heterocycles. The molecule has 0 bridgehead atoms. The summed E-state index contributed by atoms with van der Waals surface area (Å²) in [6.07, 6.45) is 6.17. The monoisotopic (exact) mass is 362 g/mol. The molecule has 0 radical (unpaired) electrons. The predicted molar refractivity (Wildman–Crippen MR) is 101 cm³/mol. The van der Waals surface area contributed by atoms with Crippen LogP contribution in [0.4, 0.5) is 0 Å². The Morgan fingerprint density at radius 2 is 1.69 bits per heavy atom. The van der Waals surface area contributed by atoms with E-state index in [1.54, 1.807) is 0 Å². The molecule has 0 spiro atoms. The van der Waals surface area contributed by atoms with Crippen LogP contribution in [0, 0.1) is 11.8 Å². The number of carbonyl (C=O) groups is 2. The Hall–Kier alpha value is -1.14. The van der Waals surface area contributed by atoms with Crippen LogP contribution in [0.2, 0.25) is 0 Å². The Labute approximate surface area is 157 Å². The molecule has 1 N–H and O–H groups in total.